The van der Waals surface area contributed by atoms with Gasteiger partial charge in [-0.1, -0.05) is 433 Å². The van der Waals surface area contributed by atoms with Crippen LogP contribution in [-0.2, 0) is 65.4 Å². The average molecular weight is 1580 g/mol. The molecule has 642 valence electrons. The van der Waals surface area contributed by atoms with Crippen molar-refractivity contribution < 1.29 is 80.2 Å². The van der Waals surface area contributed by atoms with E-state index in [0.29, 0.717) is 25.7 Å². The lowest BCUT2D eigenvalue weighted by Gasteiger charge is -2.21. The van der Waals surface area contributed by atoms with E-state index in [0.717, 1.165) is 95.8 Å². The predicted molar refractivity (Wildman–Crippen MR) is 446 cm³/mol. The normalized spacial score (nSPS) is 13.7. The Bertz CT molecular complexity index is 2050. The number of esters is 4. The van der Waals surface area contributed by atoms with Crippen LogP contribution in [0.1, 0.15) is 484 Å². The maximum atomic E-state index is 13.2. The lowest BCUT2D eigenvalue weighted by molar-refractivity contribution is -0.161. The largest absolute Gasteiger partial charge is 0.472 e. The molecular formula is C89H174O17P2. The highest BCUT2D eigenvalue weighted by molar-refractivity contribution is 7.47. The molecule has 5 atom stereocenters. The summed E-state index contributed by atoms with van der Waals surface area (Å²) in [5.41, 5.74) is 0. The van der Waals surface area contributed by atoms with Crippen molar-refractivity contribution in [1.29, 1.82) is 0 Å². The number of phosphoric acid groups is 2. The Morgan fingerprint density at radius 1 is 0.250 bits per heavy atom. The van der Waals surface area contributed by atoms with Gasteiger partial charge in [0.25, 0.3) is 0 Å². The van der Waals surface area contributed by atoms with Crippen LogP contribution in [0.4, 0.5) is 0 Å². The van der Waals surface area contributed by atoms with Gasteiger partial charge in [0.05, 0.1) is 26.4 Å². The van der Waals surface area contributed by atoms with E-state index in [1.807, 2.05) is 0 Å². The third-order valence-corrected chi connectivity index (χ3v) is 22.9. The molecule has 0 saturated heterocycles. The molecule has 0 rings (SSSR count). The Labute approximate surface area is 664 Å². The van der Waals surface area contributed by atoms with E-state index < -0.39 is 97.5 Å². The maximum Gasteiger partial charge on any atom is 0.472 e. The molecule has 0 aliphatic carbocycles. The minimum absolute atomic E-state index is 0.109. The number of carbonyl (C=O) groups is 4. The number of ether oxygens (including phenoxy) is 4. The van der Waals surface area contributed by atoms with Crippen molar-refractivity contribution in [2.75, 3.05) is 39.6 Å². The third kappa shape index (κ3) is 82.1. The van der Waals surface area contributed by atoms with Gasteiger partial charge >= 0.3 is 39.5 Å². The van der Waals surface area contributed by atoms with Gasteiger partial charge in [0, 0.05) is 25.7 Å². The molecule has 108 heavy (non-hydrogen) atoms. The number of aliphatic hydroxyl groups excluding tert-OH is 1. The first-order chi connectivity index (χ1) is 52.5. The van der Waals surface area contributed by atoms with Crippen LogP contribution in [0.2, 0.25) is 0 Å². The number of unbranched alkanes of at least 4 members (excludes halogenated alkanes) is 61. The monoisotopic (exact) mass is 1580 g/mol. The van der Waals surface area contributed by atoms with E-state index >= 15 is 0 Å². The zero-order chi connectivity index (χ0) is 79.0. The molecule has 0 amide bonds. The summed E-state index contributed by atoms with van der Waals surface area (Å²) in [5, 5.41) is 10.7. The van der Waals surface area contributed by atoms with Gasteiger partial charge in [-0.3, -0.25) is 37.3 Å². The summed E-state index contributed by atoms with van der Waals surface area (Å²) in [6.45, 7) is 7.41. The molecule has 19 heteroatoms. The number of hydrogen-bond donors (Lipinski definition) is 3. The lowest BCUT2D eigenvalue weighted by atomic mass is 10.0. The van der Waals surface area contributed by atoms with E-state index in [4.69, 9.17) is 37.0 Å². The van der Waals surface area contributed by atoms with Crippen LogP contribution in [0, 0.1) is 5.92 Å². The average Bonchev–Trinajstić information content (AvgIpc) is 0.898. The molecule has 0 aromatic heterocycles. The van der Waals surface area contributed by atoms with Crippen molar-refractivity contribution >= 4 is 39.5 Å². The molecule has 0 fully saturated rings. The molecule has 2 unspecified atom stereocenters. The van der Waals surface area contributed by atoms with E-state index in [2.05, 4.69) is 34.6 Å². The second kappa shape index (κ2) is 81.6. The first-order valence-electron chi connectivity index (χ1n) is 46.1. The fourth-order valence-corrected chi connectivity index (χ4v) is 15.6. The fraction of sp³-hybridized carbons (Fsp3) is 0.955. The summed E-state index contributed by atoms with van der Waals surface area (Å²) >= 11 is 0. The number of carbonyl (C=O) groups excluding carboxylic acids is 4. The second-order valence-electron chi connectivity index (χ2n) is 32.5. The molecule has 3 N–H and O–H groups in total. The molecule has 0 aromatic rings. The number of phosphoric ester groups is 2. The van der Waals surface area contributed by atoms with E-state index in [1.54, 1.807) is 0 Å². The summed E-state index contributed by atoms with van der Waals surface area (Å²) < 4.78 is 69.0. The van der Waals surface area contributed by atoms with Crippen molar-refractivity contribution in [2.24, 2.45) is 5.92 Å². The van der Waals surface area contributed by atoms with Crippen LogP contribution < -0.4 is 0 Å². The molecule has 0 aliphatic heterocycles. The molecule has 0 heterocycles. The molecule has 0 saturated carbocycles. The van der Waals surface area contributed by atoms with Crippen molar-refractivity contribution in [2.45, 2.75) is 502 Å². The SMILES string of the molecule is CCCCCCCCCCCCCCCCCCCCCCC(=O)O[C@H](COC(=O)CCCCCCCCCCCCCCCCCCCC)COP(=O)(O)OC[C@@H](O)COP(=O)(O)OC[C@@H](COC(=O)CCCCCCCCCCCCCCC)OC(=O)CCCCCCCCCCCCCCCCC(C)C. The van der Waals surface area contributed by atoms with Gasteiger partial charge in [-0.25, -0.2) is 9.13 Å². The summed E-state index contributed by atoms with van der Waals surface area (Å²) in [5.74, 6) is -1.30. The standard InChI is InChI=1S/C89H174O17P2/c1-6-9-12-15-18-21-24-27-29-31-33-34-36-38-44-49-54-59-64-69-74-88(93)105-85(79-100-87(92)73-68-63-58-53-48-43-37-35-32-30-28-25-22-19-16-13-10-7-2)81-104-108(97,98)102-77-83(90)76-101-107(95,96)103-80-84(78-99-86(91)72-67-62-57-52-47-41-26-23-20-17-14-11-8-3)106-89(94)75-70-65-60-55-50-45-40-39-42-46-51-56-61-66-71-82(4)5/h82-85,90H,6-81H2,1-5H3,(H,95,96)(H,97,98)/t83-,84+,85+/m0/s1. The van der Waals surface area contributed by atoms with Gasteiger partial charge in [-0.05, 0) is 31.6 Å². The van der Waals surface area contributed by atoms with Gasteiger partial charge in [0.15, 0.2) is 12.2 Å². The Hall–Kier alpha value is -1.94. The molecule has 0 aromatic carbocycles. The summed E-state index contributed by atoms with van der Waals surface area (Å²) in [4.78, 5) is 73.4. The Kier molecular flexibility index (Phi) is 80.2. The zero-order valence-corrected chi connectivity index (χ0v) is 72.8. The second-order valence-corrected chi connectivity index (χ2v) is 35.4. The molecule has 0 spiro atoms. The first kappa shape index (κ1) is 106. The fourth-order valence-electron chi connectivity index (χ4n) is 14.0. The van der Waals surface area contributed by atoms with Crippen LogP contribution in [0.25, 0.3) is 0 Å². The highest BCUT2D eigenvalue weighted by Crippen LogP contribution is 2.45. The maximum absolute atomic E-state index is 13.2. The highest BCUT2D eigenvalue weighted by atomic mass is 31.2. The molecule has 0 bridgehead atoms. The smallest absolute Gasteiger partial charge is 0.462 e. The van der Waals surface area contributed by atoms with Gasteiger partial charge in [-0.2, -0.15) is 0 Å². The predicted octanol–water partition coefficient (Wildman–Crippen LogP) is 27.5. The van der Waals surface area contributed by atoms with Crippen LogP contribution in [0.15, 0.2) is 0 Å². The molecule has 0 radical (unpaired) electrons. The topological polar surface area (TPSA) is 237 Å². The van der Waals surface area contributed by atoms with Crippen LogP contribution in [0.5, 0.6) is 0 Å². The lowest BCUT2D eigenvalue weighted by Crippen LogP contribution is -2.30. The number of aliphatic hydroxyl groups is 1. The summed E-state index contributed by atoms with van der Waals surface area (Å²) in [7, 11) is -9.93. The minimum atomic E-state index is -4.97. The van der Waals surface area contributed by atoms with Gasteiger partial charge < -0.3 is 33.8 Å². The van der Waals surface area contributed by atoms with E-state index in [-0.39, 0.29) is 25.7 Å². The van der Waals surface area contributed by atoms with Gasteiger partial charge in [-0.15, -0.1) is 0 Å². The van der Waals surface area contributed by atoms with Crippen molar-refractivity contribution in [3.05, 3.63) is 0 Å². The van der Waals surface area contributed by atoms with Gasteiger partial charge in [0.1, 0.15) is 19.3 Å². The van der Waals surface area contributed by atoms with E-state index in [9.17, 15) is 43.2 Å². The quantitative estimate of drug-likeness (QED) is 0.0222. The molecule has 0 aliphatic rings. The summed E-state index contributed by atoms with van der Waals surface area (Å²) in [6, 6.07) is 0. The minimum Gasteiger partial charge on any atom is -0.462 e. The van der Waals surface area contributed by atoms with Crippen LogP contribution in [0.3, 0.4) is 0 Å². The zero-order valence-electron chi connectivity index (χ0n) is 71.0. The van der Waals surface area contributed by atoms with Crippen molar-refractivity contribution in [3.8, 4) is 0 Å². The number of hydrogen-bond acceptors (Lipinski definition) is 15. The first-order valence-corrected chi connectivity index (χ1v) is 49.1. The van der Waals surface area contributed by atoms with Crippen LogP contribution in [-0.4, -0.2) is 96.7 Å². The third-order valence-electron chi connectivity index (χ3n) is 21.0. The summed E-state index contributed by atoms with van der Waals surface area (Å²) in [6.07, 6.45) is 76.3. The molecular weight excluding hydrogens is 1400 g/mol. The highest BCUT2D eigenvalue weighted by Gasteiger charge is 2.30. The van der Waals surface area contributed by atoms with E-state index in [1.165, 1.54) is 308 Å². The Balaban J connectivity index is 5.26. The Morgan fingerprint density at radius 2 is 0.426 bits per heavy atom. The molecule has 17 nitrogen and oxygen atoms in total. The Morgan fingerprint density at radius 3 is 0.630 bits per heavy atom. The van der Waals surface area contributed by atoms with Crippen molar-refractivity contribution in [3.63, 3.8) is 0 Å². The van der Waals surface area contributed by atoms with Crippen molar-refractivity contribution in [1.82, 2.24) is 0 Å². The van der Waals surface area contributed by atoms with Gasteiger partial charge in [0.2, 0.25) is 0 Å². The number of rotatable bonds is 89. The van der Waals surface area contributed by atoms with Crippen LogP contribution >= 0.6 is 15.6 Å².